The van der Waals surface area contributed by atoms with Crippen LogP contribution >= 0.6 is 0 Å². The SMILES string of the molecule is [CH-]=O.[CH-]=O.[Pt].[c-]1c2cccc1-c1ccccc1[N-]Cc1[c-]c(ccc1)-c1ccccc1[N-]C2. The molecule has 0 saturated carbocycles. The Labute approximate surface area is 209 Å². The van der Waals surface area contributed by atoms with Gasteiger partial charge in [-0.3, -0.25) is 13.6 Å². The zero-order chi connectivity index (χ0) is 22.8. The molecule has 0 unspecified atom stereocenters. The molecule has 4 aromatic rings. The number of nitrogens with zero attached hydrogens (tertiary/aromatic N) is 2. The van der Waals surface area contributed by atoms with Gasteiger partial charge >= 0.3 is 0 Å². The summed E-state index contributed by atoms with van der Waals surface area (Å²) in [5.74, 6) is 0. The first-order chi connectivity index (χ1) is 15.9. The minimum atomic E-state index is 0. The van der Waals surface area contributed by atoms with Gasteiger partial charge in [-0.25, -0.2) is 0 Å². The third-order valence-electron chi connectivity index (χ3n) is 4.94. The van der Waals surface area contributed by atoms with Crippen LogP contribution in [-0.2, 0) is 43.7 Å². The van der Waals surface area contributed by atoms with E-state index in [4.69, 9.17) is 20.2 Å². The number of hydrogen-bond donors (Lipinski definition) is 0. The molecule has 4 bridgehead atoms. The van der Waals surface area contributed by atoms with E-state index in [2.05, 4.69) is 86.4 Å². The van der Waals surface area contributed by atoms with Crippen LogP contribution in [0.3, 0.4) is 0 Å². The second kappa shape index (κ2) is 13.1. The largest absolute Gasteiger partial charge is 0.689 e. The Morgan fingerprint density at radius 1 is 0.545 bits per heavy atom. The Balaban J connectivity index is 0.000000733. The van der Waals surface area contributed by atoms with Crippen molar-refractivity contribution in [3.8, 4) is 22.3 Å². The molecule has 0 amide bonds. The van der Waals surface area contributed by atoms with Crippen molar-refractivity contribution in [1.82, 2.24) is 0 Å². The fraction of sp³-hybridized carbons (Fsp3) is 0.0714. The normalized spacial score (nSPS) is 10.9. The average molecular weight is 612 g/mol. The third kappa shape index (κ3) is 6.27. The van der Waals surface area contributed by atoms with Crippen molar-refractivity contribution in [2.24, 2.45) is 0 Å². The second-order valence-corrected chi connectivity index (χ2v) is 6.85. The van der Waals surface area contributed by atoms with E-state index >= 15 is 0 Å². The molecule has 4 aromatic carbocycles. The Kier molecular flexibility index (Phi) is 10.3. The van der Waals surface area contributed by atoms with Gasteiger partial charge in [0.2, 0.25) is 0 Å². The second-order valence-electron chi connectivity index (χ2n) is 6.85. The van der Waals surface area contributed by atoms with Crippen molar-refractivity contribution in [1.29, 1.82) is 0 Å². The summed E-state index contributed by atoms with van der Waals surface area (Å²) in [5, 5.41) is 9.77. The molecular weight excluding hydrogens is 591 g/mol. The van der Waals surface area contributed by atoms with E-state index in [-0.39, 0.29) is 21.1 Å². The van der Waals surface area contributed by atoms with E-state index in [1.165, 1.54) is 0 Å². The van der Waals surface area contributed by atoms with Crippen molar-refractivity contribution < 1.29 is 30.7 Å². The maximum absolute atomic E-state index is 7.75. The fourth-order valence-electron chi connectivity index (χ4n) is 3.55. The van der Waals surface area contributed by atoms with Gasteiger partial charge in [0, 0.05) is 21.1 Å². The maximum Gasteiger partial charge on any atom is 0 e. The summed E-state index contributed by atoms with van der Waals surface area (Å²) in [7, 11) is 0. The van der Waals surface area contributed by atoms with Crippen molar-refractivity contribution in [3.05, 3.63) is 119 Å². The van der Waals surface area contributed by atoms with E-state index in [9.17, 15) is 0 Å². The molecular formula is C28H20N2O2Pt-6. The molecule has 1 heterocycles. The minimum absolute atomic E-state index is 0. The quantitative estimate of drug-likeness (QED) is 0.162. The summed E-state index contributed by atoms with van der Waals surface area (Å²) in [5.41, 5.74) is 8.38. The monoisotopic (exact) mass is 611 g/mol. The maximum atomic E-state index is 7.75. The molecule has 0 N–H and O–H groups in total. The van der Waals surface area contributed by atoms with Crippen molar-refractivity contribution in [2.45, 2.75) is 13.1 Å². The van der Waals surface area contributed by atoms with E-state index in [1.807, 2.05) is 24.3 Å². The van der Waals surface area contributed by atoms with Gasteiger partial charge in [-0.1, -0.05) is 48.5 Å². The topological polar surface area (TPSA) is 62.3 Å². The van der Waals surface area contributed by atoms with Gasteiger partial charge in [-0.15, -0.1) is 95.0 Å². The number of benzene rings is 4. The van der Waals surface area contributed by atoms with Gasteiger partial charge in [0.1, 0.15) is 0 Å². The molecule has 5 rings (SSSR count). The van der Waals surface area contributed by atoms with Crippen LogP contribution < -0.4 is 0 Å². The molecule has 0 saturated heterocycles. The average Bonchev–Trinajstić information content (AvgIpc) is 2.89. The van der Waals surface area contributed by atoms with E-state index < -0.39 is 0 Å². The van der Waals surface area contributed by atoms with Crippen molar-refractivity contribution >= 4 is 25.0 Å². The molecule has 0 spiro atoms. The molecule has 1 aliphatic heterocycles. The summed E-state index contributed by atoms with van der Waals surface area (Å²) in [6.07, 6.45) is 0. The first-order valence-corrected chi connectivity index (χ1v) is 9.90. The Bertz CT molecular complexity index is 1090. The predicted octanol–water partition coefficient (Wildman–Crippen LogP) is 6.79. The van der Waals surface area contributed by atoms with Gasteiger partial charge in [-0.2, -0.15) is 11.4 Å². The van der Waals surface area contributed by atoms with Crippen molar-refractivity contribution in [3.63, 3.8) is 0 Å². The van der Waals surface area contributed by atoms with E-state index in [0.29, 0.717) is 13.1 Å². The predicted molar refractivity (Wildman–Crippen MR) is 128 cm³/mol. The molecule has 4 nitrogen and oxygen atoms in total. The summed E-state index contributed by atoms with van der Waals surface area (Å²) in [4.78, 5) is 15.5. The zero-order valence-electron chi connectivity index (χ0n) is 17.7. The first-order valence-electron chi connectivity index (χ1n) is 9.90. The van der Waals surface area contributed by atoms with Crippen LogP contribution in [-0.4, -0.2) is 13.6 Å². The number of fused-ring (bicyclic) bond motifs is 8. The van der Waals surface area contributed by atoms with Crippen LogP contribution in [0.4, 0.5) is 11.4 Å². The summed E-state index contributed by atoms with van der Waals surface area (Å²) in [6, 6.07) is 36.0. The molecule has 33 heavy (non-hydrogen) atoms. The van der Waals surface area contributed by atoms with Gasteiger partial charge in [0.15, 0.2) is 0 Å². The Morgan fingerprint density at radius 3 is 1.36 bits per heavy atom. The van der Waals surface area contributed by atoms with Crippen LogP contribution in [0, 0.1) is 12.1 Å². The Hall–Kier alpha value is -3.49. The van der Waals surface area contributed by atoms with Gasteiger partial charge in [0.05, 0.1) is 0 Å². The van der Waals surface area contributed by atoms with Gasteiger partial charge in [-0.05, 0) is 0 Å². The molecule has 1 aliphatic rings. The summed E-state index contributed by atoms with van der Waals surface area (Å²) >= 11 is 0. The first kappa shape index (κ1) is 25.8. The van der Waals surface area contributed by atoms with Crippen molar-refractivity contribution in [2.75, 3.05) is 0 Å². The fourth-order valence-corrected chi connectivity index (χ4v) is 3.55. The standard InChI is InChI=1S/C26H18N2.2CHO.Pt/c1-3-13-25-23(11-1)21-9-5-7-19(15-21)18-28-26-14-4-2-12-24(26)22-10-6-8-20(16-22)17-27-25;2*1-2;/h1-14H,17-18H2;2*1H;/q-4;2*-1;. The third-order valence-corrected chi connectivity index (χ3v) is 4.94. The number of para-hydroxylation sites is 2. The van der Waals surface area contributed by atoms with E-state index in [0.717, 1.165) is 44.8 Å². The molecule has 0 fully saturated rings. The number of hydrogen-bond acceptors (Lipinski definition) is 2. The van der Waals surface area contributed by atoms with Gasteiger partial charge < -0.3 is 20.2 Å². The minimum Gasteiger partial charge on any atom is -0.689 e. The molecule has 0 atom stereocenters. The zero-order valence-corrected chi connectivity index (χ0v) is 20.0. The van der Waals surface area contributed by atoms with E-state index in [1.54, 1.807) is 0 Å². The number of carbonyl (C=O) groups excluding carboxylic acids is 2. The Morgan fingerprint density at radius 2 is 0.939 bits per heavy atom. The van der Waals surface area contributed by atoms with Crippen LogP contribution in [0.1, 0.15) is 11.1 Å². The molecule has 170 valence electrons. The molecule has 5 heteroatoms. The smallest absolute Gasteiger partial charge is 0 e. The van der Waals surface area contributed by atoms with Crippen LogP contribution in [0.5, 0.6) is 0 Å². The molecule has 0 aliphatic carbocycles. The summed E-state index contributed by atoms with van der Waals surface area (Å²) < 4.78 is 0. The molecule has 0 aromatic heterocycles. The van der Waals surface area contributed by atoms with Gasteiger partial charge in [0.25, 0.3) is 0 Å². The summed E-state index contributed by atoms with van der Waals surface area (Å²) in [6.45, 7) is 7.67. The molecule has 0 radical (unpaired) electrons. The number of rotatable bonds is 0. The van der Waals surface area contributed by atoms with Crippen LogP contribution in [0.15, 0.2) is 84.9 Å². The van der Waals surface area contributed by atoms with Crippen LogP contribution in [0.25, 0.3) is 32.9 Å². The van der Waals surface area contributed by atoms with Crippen LogP contribution in [0.2, 0.25) is 0 Å².